The molecule has 0 spiro atoms. The summed E-state index contributed by atoms with van der Waals surface area (Å²) >= 11 is 0. The van der Waals surface area contributed by atoms with Crippen molar-refractivity contribution in [2.24, 2.45) is 0 Å². The third-order valence-corrected chi connectivity index (χ3v) is 1.72. The van der Waals surface area contributed by atoms with E-state index in [9.17, 15) is 29.4 Å². The fraction of sp³-hybridized carbons (Fsp3) is 0.500. The number of carboxylic acids is 4. The molecule has 0 saturated carbocycles. The summed E-state index contributed by atoms with van der Waals surface area (Å²) < 4.78 is 0. The van der Waals surface area contributed by atoms with Gasteiger partial charge in [0.15, 0.2) is 0 Å². The van der Waals surface area contributed by atoms with E-state index in [1.54, 1.807) is 0 Å². The first-order valence-electron chi connectivity index (χ1n) is 7.32. The first-order valence-corrected chi connectivity index (χ1v) is 7.32. The van der Waals surface area contributed by atoms with Gasteiger partial charge >= 0.3 is 35.8 Å². The molecule has 9 heteroatoms. The van der Waals surface area contributed by atoms with Crippen molar-refractivity contribution in [1.82, 2.24) is 0 Å². The topological polar surface area (TPSA) is 155 Å². The van der Waals surface area contributed by atoms with Crippen molar-refractivity contribution in [2.75, 3.05) is 0 Å². The fourth-order valence-electron chi connectivity index (χ4n) is 0.279. The quantitative estimate of drug-likeness (QED) is 0.410. The van der Waals surface area contributed by atoms with Crippen LogP contribution in [-0.2, 0) is 19.2 Å². The maximum atomic E-state index is 9.55. The minimum absolute atomic E-state index is 0. The molecule has 0 bridgehead atoms. The van der Waals surface area contributed by atoms with Crippen molar-refractivity contribution in [1.29, 1.82) is 0 Å². The van der Waals surface area contributed by atoms with E-state index in [4.69, 9.17) is 10.2 Å². The molecule has 0 atom stereocenters. The Kier molecular flexibility index (Phi) is 41.5. The Hall–Kier alpha value is -1.84. The van der Waals surface area contributed by atoms with Crippen molar-refractivity contribution in [3.05, 3.63) is 24.3 Å². The zero-order chi connectivity index (χ0) is 20.0. The van der Waals surface area contributed by atoms with Crippen molar-refractivity contribution in [3.63, 3.8) is 0 Å². The zero-order valence-electron chi connectivity index (χ0n) is 15.0. The van der Waals surface area contributed by atoms with Gasteiger partial charge in [0.1, 0.15) is 0 Å². The fourth-order valence-corrected chi connectivity index (χ4v) is 0.279. The molecule has 0 aliphatic rings. The molecule has 25 heavy (non-hydrogen) atoms. The van der Waals surface area contributed by atoms with Crippen molar-refractivity contribution < 1.29 is 39.6 Å². The number of carbonyl (C=O) groups is 4. The summed E-state index contributed by atoms with van der Waals surface area (Å²) in [6.07, 6.45) is 7.16. The standard InChI is InChI=1S/2C4H4O4.2C4H10.Sn/c2*5-3(6)1-2-4(7)8;2*1-3-4-2;/h2*1-2H,(H,5,6)(H,7,8);2*3-4H2,1-2H3;/q;;;;+2/p-2/b2*2-1-;;;. The van der Waals surface area contributed by atoms with Gasteiger partial charge in [0.2, 0.25) is 0 Å². The normalized spacial score (nSPS) is 8.48. The second-order valence-electron chi connectivity index (χ2n) is 3.98. The smallest absolute Gasteiger partial charge is 0.545 e. The number of carbonyl (C=O) groups excluding carboxylic acids is 2. The summed E-state index contributed by atoms with van der Waals surface area (Å²) in [5.74, 6) is -5.61. The molecule has 142 valence electrons. The zero-order valence-corrected chi connectivity index (χ0v) is 17.8. The molecule has 0 aromatic rings. The molecule has 0 aromatic carbocycles. The van der Waals surface area contributed by atoms with Gasteiger partial charge in [0, 0.05) is 12.2 Å². The minimum Gasteiger partial charge on any atom is -0.545 e. The molecule has 2 N–H and O–H groups in total. The second-order valence-corrected chi connectivity index (χ2v) is 3.98. The van der Waals surface area contributed by atoms with Crippen LogP contribution in [0.5, 0.6) is 0 Å². The second kappa shape index (κ2) is 30.1. The molecule has 0 unspecified atom stereocenters. The predicted molar refractivity (Wildman–Crippen MR) is 90.5 cm³/mol. The van der Waals surface area contributed by atoms with Gasteiger partial charge in [-0.3, -0.25) is 0 Å². The molecule has 0 rings (SSSR count). The third-order valence-electron chi connectivity index (χ3n) is 1.72. The number of unbranched alkanes of at least 4 members (excludes halogenated alkanes) is 2. The monoisotopic (exact) mass is 466 g/mol. The van der Waals surface area contributed by atoms with Gasteiger partial charge in [-0.1, -0.05) is 53.4 Å². The Morgan fingerprint density at radius 3 is 0.920 bits per heavy atom. The number of rotatable bonds is 6. The van der Waals surface area contributed by atoms with E-state index < -0.39 is 23.9 Å². The Morgan fingerprint density at radius 2 is 0.840 bits per heavy atom. The molecule has 0 heterocycles. The van der Waals surface area contributed by atoms with Crippen LogP contribution in [0.3, 0.4) is 0 Å². The molecule has 0 fully saturated rings. The molecule has 8 nitrogen and oxygen atoms in total. The van der Waals surface area contributed by atoms with E-state index in [0.717, 1.165) is 0 Å². The summed E-state index contributed by atoms with van der Waals surface area (Å²) in [4.78, 5) is 37.9. The average molecular weight is 465 g/mol. The SMILES string of the molecule is CCCC.CCCC.O=C(O)/C=C\C(=O)O.O=C([O-])/C=C\C(=O)[O-].[Sn+2]. The molecule has 0 aliphatic heterocycles. The molecule has 0 aromatic heterocycles. The van der Waals surface area contributed by atoms with E-state index in [1.807, 2.05) is 0 Å². The van der Waals surface area contributed by atoms with Crippen LogP contribution in [0, 0.1) is 0 Å². The van der Waals surface area contributed by atoms with Crippen molar-refractivity contribution in [3.8, 4) is 0 Å². The molecule has 2 radical (unpaired) electrons. The Labute approximate surface area is 165 Å². The predicted octanol–water partition coefficient (Wildman–Crippen LogP) is -0.0138. The Morgan fingerprint density at radius 1 is 0.640 bits per heavy atom. The van der Waals surface area contributed by atoms with E-state index in [-0.39, 0.29) is 23.9 Å². The minimum atomic E-state index is -1.55. The number of hydrogen-bond donors (Lipinski definition) is 2. The molecule has 0 saturated heterocycles. The van der Waals surface area contributed by atoms with Crippen LogP contribution in [0.4, 0.5) is 0 Å². The summed E-state index contributed by atoms with van der Waals surface area (Å²) in [5, 5.41) is 34.5. The van der Waals surface area contributed by atoms with Crippen LogP contribution in [0.1, 0.15) is 53.4 Å². The summed E-state index contributed by atoms with van der Waals surface area (Å²) in [6, 6.07) is 0. The van der Waals surface area contributed by atoms with E-state index in [1.165, 1.54) is 25.7 Å². The summed E-state index contributed by atoms with van der Waals surface area (Å²) in [6.45, 7) is 8.72. The molecular formula is C16H26O8Sn. The van der Waals surface area contributed by atoms with Crippen LogP contribution in [0.15, 0.2) is 24.3 Å². The first-order chi connectivity index (χ1) is 11.1. The summed E-state index contributed by atoms with van der Waals surface area (Å²) in [7, 11) is 0. The Bertz CT molecular complexity index is 329. The van der Waals surface area contributed by atoms with Gasteiger partial charge < -0.3 is 30.0 Å². The van der Waals surface area contributed by atoms with E-state index >= 15 is 0 Å². The van der Waals surface area contributed by atoms with Gasteiger partial charge in [-0.2, -0.15) is 0 Å². The Balaban J connectivity index is -0.0000000739. The molecule has 0 aliphatic carbocycles. The first kappa shape index (κ1) is 34.5. The van der Waals surface area contributed by atoms with Gasteiger partial charge in [-0.15, -0.1) is 0 Å². The van der Waals surface area contributed by atoms with E-state index in [0.29, 0.717) is 24.3 Å². The maximum Gasteiger partial charge on any atom is 2.00 e. The average Bonchev–Trinajstić information content (AvgIpc) is 2.52. The largest absolute Gasteiger partial charge is 2.00 e. The van der Waals surface area contributed by atoms with Crippen LogP contribution < -0.4 is 10.2 Å². The third kappa shape index (κ3) is 87.3. The van der Waals surface area contributed by atoms with Crippen LogP contribution >= 0.6 is 0 Å². The van der Waals surface area contributed by atoms with Gasteiger partial charge in [-0.25, -0.2) is 9.59 Å². The van der Waals surface area contributed by atoms with Gasteiger partial charge in [0.25, 0.3) is 0 Å². The maximum absolute atomic E-state index is 9.55. The van der Waals surface area contributed by atoms with Gasteiger partial charge in [0.05, 0.1) is 11.9 Å². The van der Waals surface area contributed by atoms with Crippen molar-refractivity contribution >= 4 is 47.8 Å². The number of aliphatic carboxylic acids is 4. The number of hydrogen-bond acceptors (Lipinski definition) is 6. The van der Waals surface area contributed by atoms with E-state index in [2.05, 4.69) is 27.7 Å². The summed E-state index contributed by atoms with van der Waals surface area (Å²) in [5.41, 5.74) is 0. The number of carboxylic acid groups (broad SMARTS) is 4. The molecular weight excluding hydrogens is 439 g/mol. The molecule has 0 amide bonds. The van der Waals surface area contributed by atoms with Gasteiger partial charge in [-0.05, 0) is 12.2 Å². The van der Waals surface area contributed by atoms with Crippen LogP contribution in [0.2, 0.25) is 0 Å². The van der Waals surface area contributed by atoms with Crippen LogP contribution in [-0.4, -0.2) is 58.0 Å². The van der Waals surface area contributed by atoms with Crippen LogP contribution in [0.25, 0.3) is 0 Å². The van der Waals surface area contributed by atoms with Crippen molar-refractivity contribution in [2.45, 2.75) is 53.4 Å².